The van der Waals surface area contributed by atoms with Gasteiger partial charge in [-0.15, -0.1) is 0 Å². The number of rotatable bonds is 4. The van der Waals surface area contributed by atoms with Gasteiger partial charge in [-0.1, -0.05) is 48.0 Å². The number of halogens is 4. The lowest BCUT2D eigenvalue weighted by Gasteiger charge is -2.42. The molecule has 0 bridgehead atoms. The van der Waals surface area contributed by atoms with Crippen LogP contribution < -0.4 is 10.6 Å². The van der Waals surface area contributed by atoms with Crippen LogP contribution in [0.5, 0.6) is 0 Å². The molecule has 2 N–H and O–H groups in total. The number of pyridine rings is 1. The molecule has 1 atom stereocenters. The van der Waals surface area contributed by atoms with Crippen LogP contribution in [0.4, 0.5) is 23.7 Å². The SMILES string of the molecule is N#CNC(=NCc1ccc(C(F)(F)F)nc1)N1CCN(C(=O)Nc2ccc(Cl)cc2)C(c2ccccc2)C1. The van der Waals surface area contributed by atoms with E-state index in [2.05, 4.69) is 20.6 Å². The fraction of sp³-hybridized carbons (Fsp3) is 0.231. The topological polar surface area (TPSA) is 96.7 Å². The Morgan fingerprint density at radius 2 is 1.84 bits per heavy atom. The van der Waals surface area contributed by atoms with Gasteiger partial charge in [0.1, 0.15) is 5.69 Å². The van der Waals surface area contributed by atoms with Gasteiger partial charge < -0.3 is 15.1 Å². The van der Waals surface area contributed by atoms with Gasteiger partial charge in [0.05, 0.1) is 12.6 Å². The zero-order valence-corrected chi connectivity index (χ0v) is 20.7. The van der Waals surface area contributed by atoms with Crippen LogP contribution in [0.1, 0.15) is 22.9 Å². The zero-order valence-electron chi connectivity index (χ0n) is 20.0. The third kappa shape index (κ3) is 6.72. The van der Waals surface area contributed by atoms with E-state index in [9.17, 15) is 23.2 Å². The number of amides is 2. The fourth-order valence-electron chi connectivity index (χ4n) is 4.03. The Morgan fingerprint density at radius 3 is 2.47 bits per heavy atom. The van der Waals surface area contributed by atoms with Crippen molar-refractivity contribution in [3.8, 4) is 6.19 Å². The number of benzene rings is 2. The van der Waals surface area contributed by atoms with Crippen LogP contribution in [0.25, 0.3) is 0 Å². The molecule has 0 saturated carbocycles. The summed E-state index contributed by atoms with van der Waals surface area (Å²) >= 11 is 5.94. The lowest BCUT2D eigenvalue weighted by Crippen LogP contribution is -2.55. The number of piperazine rings is 1. The Balaban J connectivity index is 1.53. The third-order valence-electron chi connectivity index (χ3n) is 5.91. The summed E-state index contributed by atoms with van der Waals surface area (Å²) in [6.07, 6.45) is -1.55. The zero-order chi connectivity index (χ0) is 27.1. The van der Waals surface area contributed by atoms with Crippen molar-refractivity contribution in [3.63, 3.8) is 0 Å². The quantitative estimate of drug-likeness (QED) is 0.203. The van der Waals surface area contributed by atoms with E-state index >= 15 is 0 Å². The van der Waals surface area contributed by atoms with Crippen molar-refractivity contribution < 1.29 is 18.0 Å². The first-order valence-corrected chi connectivity index (χ1v) is 12.0. The molecule has 196 valence electrons. The Bertz CT molecular complexity index is 1310. The second-order valence-corrected chi connectivity index (χ2v) is 8.87. The predicted molar refractivity (Wildman–Crippen MR) is 137 cm³/mol. The van der Waals surface area contributed by atoms with E-state index in [4.69, 9.17) is 11.6 Å². The Labute approximate surface area is 222 Å². The molecule has 4 rings (SSSR count). The van der Waals surface area contributed by atoms with Gasteiger partial charge in [-0.3, -0.25) is 10.3 Å². The Morgan fingerprint density at radius 1 is 1.11 bits per heavy atom. The second-order valence-electron chi connectivity index (χ2n) is 8.43. The van der Waals surface area contributed by atoms with Crippen molar-refractivity contribution in [3.05, 3.63) is 94.8 Å². The monoisotopic (exact) mass is 541 g/mol. The molecule has 0 aliphatic carbocycles. The smallest absolute Gasteiger partial charge is 0.338 e. The van der Waals surface area contributed by atoms with Gasteiger partial charge in [0.15, 0.2) is 6.19 Å². The van der Waals surface area contributed by atoms with Gasteiger partial charge in [-0.25, -0.2) is 9.79 Å². The number of anilines is 1. The van der Waals surface area contributed by atoms with Gasteiger partial charge in [0.25, 0.3) is 0 Å². The van der Waals surface area contributed by atoms with Crippen molar-refractivity contribution in [1.82, 2.24) is 20.1 Å². The van der Waals surface area contributed by atoms with E-state index in [1.54, 1.807) is 29.2 Å². The number of nitrogens with zero attached hydrogens (tertiary/aromatic N) is 5. The van der Waals surface area contributed by atoms with Crippen molar-refractivity contribution in [2.75, 3.05) is 25.0 Å². The molecule has 0 radical (unpaired) electrons. The average Bonchev–Trinajstić information content (AvgIpc) is 2.92. The minimum atomic E-state index is -4.53. The van der Waals surface area contributed by atoms with Crippen molar-refractivity contribution in [2.45, 2.75) is 18.8 Å². The third-order valence-corrected chi connectivity index (χ3v) is 6.17. The standard InChI is InChI=1S/C26H23ClF3N7O/c27-20-7-9-21(10-8-20)35-25(38)37-13-12-36(16-22(37)19-4-2-1-3-5-19)24(34-17-31)33-15-18-6-11-23(32-14-18)26(28,29)30/h1-11,14,22H,12-13,15-16H2,(H,33,34)(H,35,38). The molecule has 8 nitrogen and oxygen atoms in total. The number of carbonyl (C=O) groups is 1. The molecule has 1 unspecified atom stereocenters. The number of hydrogen-bond donors (Lipinski definition) is 2. The van der Waals surface area contributed by atoms with Crippen LogP contribution in [0.15, 0.2) is 77.9 Å². The minimum absolute atomic E-state index is 0.0163. The highest BCUT2D eigenvalue weighted by atomic mass is 35.5. The summed E-state index contributed by atoms with van der Waals surface area (Å²) in [5, 5.41) is 15.3. The molecule has 2 heterocycles. The molecule has 0 spiro atoms. The lowest BCUT2D eigenvalue weighted by molar-refractivity contribution is -0.141. The average molecular weight is 542 g/mol. The number of carbonyl (C=O) groups excluding carboxylic acids is 1. The molecule has 1 aromatic heterocycles. The summed E-state index contributed by atoms with van der Waals surface area (Å²) in [5.41, 5.74) is 0.967. The number of nitrogens with one attached hydrogen (secondary N) is 2. The van der Waals surface area contributed by atoms with Crippen molar-refractivity contribution in [1.29, 1.82) is 5.26 Å². The first-order valence-electron chi connectivity index (χ1n) is 11.6. The maximum atomic E-state index is 13.2. The summed E-state index contributed by atoms with van der Waals surface area (Å²) < 4.78 is 38.4. The van der Waals surface area contributed by atoms with E-state index in [0.29, 0.717) is 35.9 Å². The van der Waals surface area contributed by atoms with E-state index in [0.717, 1.165) is 17.8 Å². The molecule has 1 aliphatic heterocycles. The summed E-state index contributed by atoms with van der Waals surface area (Å²) in [6, 6.07) is 17.8. The number of nitriles is 1. The van der Waals surface area contributed by atoms with Crippen LogP contribution in [0.3, 0.4) is 0 Å². The van der Waals surface area contributed by atoms with Crippen LogP contribution in [0, 0.1) is 11.5 Å². The molecule has 1 fully saturated rings. The highest BCUT2D eigenvalue weighted by Crippen LogP contribution is 2.28. The number of urea groups is 1. The molecule has 2 aromatic carbocycles. The van der Waals surface area contributed by atoms with Crippen LogP contribution in [0.2, 0.25) is 5.02 Å². The number of aliphatic imine (C=N–C) groups is 1. The minimum Gasteiger partial charge on any atom is -0.338 e. The van der Waals surface area contributed by atoms with Gasteiger partial charge in [-0.05, 0) is 41.5 Å². The fourth-order valence-corrected chi connectivity index (χ4v) is 4.15. The number of alkyl halides is 3. The van der Waals surface area contributed by atoms with Crippen molar-refractivity contribution in [2.24, 2.45) is 4.99 Å². The number of aromatic nitrogens is 1. The van der Waals surface area contributed by atoms with E-state index in [1.165, 1.54) is 6.07 Å². The van der Waals surface area contributed by atoms with Gasteiger partial charge >= 0.3 is 12.2 Å². The van der Waals surface area contributed by atoms with Crippen LogP contribution in [-0.4, -0.2) is 46.4 Å². The lowest BCUT2D eigenvalue weighted by atomic mass is 10.0. The maximum absolute atomic E-state index is 13.2. The van der Waals surface area contributed by atoms with E-state index in [-0.39, 0.29) is 24.6 Å². The summed E-state index contributed by atoms with van der Waals surface area (Å²) in [5.74, 6) is 0.256. The Hall–Kier alpha value is -4.30. The molecule has 1 aliphatic rings. The first-order chi connectivity index (χ1) is 18.2. The maximum Gasteiger partial charge on any atom is 0.433 e. The summed E-state index contributed by atoms with van der Waals surface area (Å²) in [4.78, 5) is 24.7. The van der Waals surface area contributed by atoms with Gasteiger partial charge in [-0.2, -0.15) is 18.4 Å². The number of guanidine groups is 1. The summed E-state index contributed by atoms with van der Waals surface area (Å²) in [7, 11) is 0. The molecule has 1 saturated heterocycles. The van der Waals surface area contributed by atoms with E-state index < -0.39 is 11.9 Å². The highest BCUT2D eigenvalue weighted by molar-refractivity contribution is 6.30. The summed E-state index contributed by atoms with van der Waals surface area (Å²) in [6.45, 7) is 1.04. The van der Waals surface area contributed by atoms with Gasteiger partial charge in [0.2, 0.25) is 5.96 Å². The van der Waals surface area contributed by atoms with E-state index in [1.807, 2.05) is 41.4 Å². The van der Waals surface area contributed by atoms with Crippen molar-refractivity contribution >= 4 is 29.3 Å². The largest absolute Gasteiger partial charge is 0.433 e. The molecule has 2 amide bonds. The molecule has 38 heavy (non-hydrogen) atoms. The number of hydrogen-bond acceptors (Lipinski definition) is 4. The van der Waals surface area contributed by atoms with Gasteiger partial charge in [0, 0.05) is 36.5 Å². The molecule has 3 aromatic rings. The molecule has 12 heteroatoms. The highest BCUT2D eigenvalue weighted by Gasteiger charge is 2.34. The van der Waals surface area contributed by atoms with Crippen LogP contribution >= 0.6 is 11.6 Å². The second kappa shape index (κ2) is 11.8. The Kier molecular flexibility index (Phi) is 8.33. The molecular weight excluding hydrogens is 519 g/mol. The normalized spacial score (nSPS) is 16.1. The first kappa shape index (κ1) is 26.8. The van der Waals surface area contributed by atoms with Crippen LogP contribution in [-0.2, 0) is 12.7 Å². The molecular formula is C26H23ClF3N7O. The predicted octanol–water partition coefficient (Wildman–Crippen LogP) is 5.27.